The molecule has 0 amide bonds. The average Bonchev–Trinajstić information content (AvgIpc) is 3.29. The number of nitrogens with zero attached hydrogens (tertiary/aromatic N) is 4. The molecule has 3 aromatic rings. The van der Waals surface area contributed by atoms with Crippen molar-refractivity contribution in [3.8, 4) is 23.8 Å². The fourth-order valence-corrected chi connectivity index (χ4v) is 6.28. The maximum absolute atomic E-state index is 12.9. The summed E-state index contributed by atoms with van der Waals surface area (Å²) in [6.07, 6.45) is 0. The highest BCUT2D eigenvalue weighted by Crippen LogP contribution is 2.69. The van der Waals surface area contributed by atoms with Crippen LogP contribution in [-0.4, -0.2) is 54.0 Å². The van der Waals surface area contributed by atoms with E-state index < -0.39 is 23.2 Å². The Balaban J connectivity index is 1.90. The number of nitriles is 2. The summed E-state index contributed by atoms with van der Waals surface area (Å²) >= 11 is 0. The van der Waals surface area contributed by atoms with Crippen molar-refractivity contribution >= 4 is 0 Å². The molecule has 1 aromatic heterocycles. The van der Waals surface area contributed by atoms with Gasteiger partial charge < -0.3 is 24.7 Å². The van der Waals surface area contributed by atoms with Crippen molar-refractivity contribution in [1.29, 1.82) is 10.5 Å². The molecular formula is C28H27N5O4. The number of hydrogen-bond acceptors (Lipinski definition) is 9. The number of methoxy groups -OCH3 is 1. The van der Waals surface area contributed by atoms with Crippen LogP contribution >= 0.6 is 0 Å². The van der Waals surface area contributed by atoms with Crippen LogP contribution in [0.1, 0.15) is 33.9 Å². The van der Waals surface area contributed by atoms with Crippen LogP contribution in [-0.2, 0) is 11.2 Å². The normalized spacial score (nSPS) is 27.6. The Morgan fingerprint density at radius 3 is 2.38 bits per heavy atom. The van der Waals surface area contributed by atoms with Crippen LogP contribution in [0.2, 0.25) is 0 Å². The predicted molar refractivity (Wildman–Crippen MR) is 133 cm³/mol. The number of hydrogen-bond donors (Lipinski definition) is 3. The lowest BCUT2D eigenvalue weighted by Gasteiger charge is -2.41. The lowest BCUT2D eigenvalue weighted by molar-refractivity contribution is -0.132. The molecule has 5 rings (SSSR count). The number of rotatable bonds is 6. The van der Waals surface area contributed by atoms with Gasteiger partial charge in [0.1, 0.15) is 17.5 Å². The first-order valence-electron chi connectivity index (χ1n) is 11.9. The SMILES string of the molecule is COc1nc(C#N)cc2c1[C@]1(O)[C@H](NO)[C@H](CN(C)C)[C@@H](c3ccccc3)[C@]1(c1ccc(C#N)cc1)O2. The summed E-state index contributed by atoms with van der Waals surface area (Å²) in [5.41, 5.74) is 1.37. The number of benzene rings is 2. The minimum absolute atomic E-state index is 0.0460. The molecule has 2 aromatic carbocycles. The molecule has 0 spiro atoms. The second kappa shape index (κ2) is 9.15. The number of pyridine rings is 1. The van der Waals surface area contributed by atoms with Crippen LogP contribution in [0.3, 0.4) is 0 Å². The molecule has 1 aliphatic carbocycles. The molecule has 37 heavy (non-hydrogen) atoms. The zero-order chi connectivity index (χ0) is 26.4. The van der Waals surface area contributed by atoms with Crippen LogP contribution in [0, 0.1) is 28.6 Å². The predicted octanol–water partition coefficient (Wildman–Crippen LogP) is 2.63. The van der Waals surface area contributed by atoms with Crippen molar-refractivity contribution in [1.82, 2.24) is 15.4 Å². The van der Waals surface area contributed by atoms with Crippen LogP contribution < -0.4 is 15.0 Å². The summed E-state index contributed by atoms with van der Waals surface area (Å²) in [7, 11) is 5.27. The fraction of sp³-hybridized carbons (Fsp3) is 0.321. The molecule has 9 heteroatoms. The summed E-state index contributed by atoms with van der Waals surface area (Å²) in [5.74, 6) is -0.526. The summed E-state index contributed by atoms with van der Waals surface area (Å²) in [6.45, 7) is 0.503. The topological polar surface area (TPSA) is 135 Å². The van der Waals surface area contributed by atoms with Crippen molar-refractivity contribution in [3.05, 3.63) is 88.6 Å². The molecule has 2 aliphatic rings. The van der Waals surface area contributed by atoms with Gasteiger partial charge in [-0.15, -0.1) is 0 Å². The van der Waals surface area contributed by atoms with Gasteiger partial charge in [0.25, 0.3) is 0 Å². The fourth-order valence-electron chi connectivity index (χ4n) is 6.28. The van der Waals surface area contributed by atoms with Crippen LogP contribution in [0.4, 0.5) is 0 Å². The van der Waals surface area contributed by atoms with Crippen molar-refractivity contribution in [3.63, 3.8) is 0 Å². The van der Waals surface area contributed by atoms with Gasteiger partial charge in [-0.05, 0) is 37.4 Å². The number of aromatic nitrogens is 1. The first-order chi connectivity index (χ1) is 17.8. The molecule has 2 heterocycles. The van der Waals surface area contributed by atoms with E-state index in [-0.39, 0.29) is 28.8 Å². The maximum Gasteiger partial charge on any atom is 0.224 e. The van der Waals surface area contributed by atoms with Gasteiger partial charge in [0.05, 0.1) is 30.3 Å². The average molecular weight is 498 g/mol. The van der Waals surface area contributed by atoms with Gasteiger partial charge in [-0.2, -0.15) is 16.0 Å². The summed E-state index contributed by atoms with van der Waals surface area (Å²) in [5, 5.41) is 42.6. The van der Waals surface area contributed by atoms with Gasteiger partial charge in [0.15, 0.2) is 11.2 Å². The van der Waals surface area contributed by atoms with Crippen LogP contribution in [0.25, 0.3) is 0 Å². The Morgan fingerprint density at radius 1 is 1.11 bits per heavy atom. The minimum atomic E-state index is -1.88. The highest BCUT2D eigenvalue weighted by Gasteiger charge is 2.77. The molecule has 5 atom stereocenters. The first-order valence-corrected chi connectivity index (χ1v) is 11.9. The Kier molecular flexibility index (Phi) is 6.10. The van der Waals surface area contributed by atoms with E-state index in [4.69, 9.17) is 9.47 Å². The minimum Gasteiger partial charge on any atom is -0.481 e. The summed E-state index contributed by atoms with van der Waals surface area (Å²) in [4.78, 5) is 6.30. The van der Waals surface area contributed by atoms with E-state index in [1.54, 1.807) is 24.3 Å². The number of fused-ring (bicyclic) bond motifs is 3. The number of ether oxygens (including phenoxy) is 2. The lowest BCUT2D eigenvalue weighted by atomic mass is 9.70. The summed E-state index contributed by atoms with van der Waals surface area (Å²) in [6, 6.07) is 21.3. The molecule has 0 saturated heterocycles. The van der Waals surface area contributed by atoms with Gasteiger partial charge in [0.2, 0.25) is 5.88 Å². The van der Waals surface area contributed by atoms with E-state index in [0.717, 1.165) is 5.56 Å². The number of aliphatic hydroxyl groups is 1. The quantitative estimate of drug-likeness (QED) is 0.439. The van der Waals surface area contributed by atoms with Gasteiger partial charge in [0, 0.05) is 24.4 Å². The highest BCUT2D eigenvalue weighted by molar-refractivity contribution is 5.60. The van der Waals surface area contributed by atoms with Crippen molar-refractivity contribution in [2.75, 3.05) is 27.7 Å². The van der Waals surface area contributed by atoms with E-state index in [0.29, 0.717) is 17.7 Å². The summed E-state index contributed by atoms with van der Waals surface area (Å²) < 4.78 is 12.4. The molecular weight excluding hydrogens is 470 g/mol. The third-order valence-electron chi connectivity index (χ3n) is 7.54. The van der Waals surface area contributed by atoms with Gasteiger partial charge in [-0.25, -0.2) is 4.98 Å². The van der Waals surface area contributed by atoms with Gasteiger partial charge in [-0.1, -0.05) is 42.5 Å². The van der Waals surface area contributed by atoms with E-state index in [9.17, 15) is 20.8 Å². The molecule has 0 radical (unpaired) electrons. The van der Waals surface area contributed by atoms with Crippen LogP contribution in [0.5, 0.6) is 11.6 Å². The van der Waals surface area contributed by atoms with E-state index >= 15 is 0 Å². The molecule has 1 aliphatic heterocycles. The van der Waals surface area contributed by atoms with Crippen molar-refractivity contribution < 1.29 is 19.8 Å². The Hall–Kier alpha value is -3.99. The molecule has 9 nitrogen and oxygen atoms in total. The number of hydroxylamine groups is 1. The molecule has 1 saturated carbocycles. The van der Waals surface area contributed by atoms with Crippen molar-refractivity contribution in [2.24, 2.45) is 5.92 Å². The van der Waals surface area contributed by atoms with Gasteiger partial charge >= 0.3 is 0 Å². The van der Waals surface area contributed by atoms with Crippen molar-refractivity contribution in [2.45, 2.75) is 23.2 Å². The smallest absolute Gasteiger partial charge is 0.224 e. The molecule has 1 fully saturated rings. The second-order valence-corrected chi connectivity index (χ2v) is 9.72. The molecule has 0 unspecified atom stereocenters. The second-order valence-electron chi connectivity index (χ2n) is 9.72. The molecule has 188 valence electrons. The maximum atomic E-state index is 12.9. The highest BCUT2D eigenvalue weighted by atomic mass is 16.5. The Bertz CT molecular complexity index is 1400. The zero-order valence-corrected chi connectivity index (χ0v) is 20.7. The number of nitrogens with one attached hydrogen (secondary N) is 1. The molecule has 3 N–H and O–H groups in total. The standard InChI is InChI=1S/C28H27N5O4/c1-33(2)16-21-23(18-7-5-4-6-8-18)28(19-11-9-17(14-29)10-12-19)27(34,25(21)32-35)24-22(37-28)13-20(15-30)31-26(24)36-3/h4-13,21,23,25,32,34-35H,16H2,1-3H3/t21-,23-,25-,27+,28+/m1/s1. The van der Waals surface area contributed by atoms with E-state index in [1.165, 1.54) is 13.2 Å². The Morgan fingerprint density at radius 2 is 1.81 bits per heavy atom. The van der Waals surface area contributed by atoms with Gasteiger partial charge in [-0.3, -0.25) is 0 Å². The lowest BCUT2D eigenvalue weighted by Crippen LogP contribution is -2.55. The zero-order valence-electron chi connectivity index (χ0n) is 20.7. The monoisotopic (exact) mass is 497 g/mol. The molecule has 0 bridgehead atoms. The first kappa shape index (κ1) is 24.7. The largest absolute Gasteiger partial charge is 0.481 e. The third kappa shape index (κ3) is 3.41. The van der Waals surface area contributed by atoms with E-state index in [2.05, 4.69) is 16.5 Å². The van der Waals surface area contributed by atoms with E-state index in [1.807, 2.05) is 55.4 Å². The third-order valence-corrected chi connectivity index (χ3v) is 7.54. The Labute approximate surface area is 215 Å². The van der Waals surface area contributed by atoms with Crippen LogP contribution in [0.15, 0.2) is 60.7 Å².